The summed E-state index contributed by atoms with van der Waals surface area (Å²) in [7, 11) is 7.02. The highest BCUT2D eigenvalue weighted by atomic mass is 16.3. The number of ketones is 4. The van der Waals surface area contributed by atoms with Crippen LogP contribution in [0.1, 0.15) is 22.3 Å². The van der Waals surface area contributed by atoms with E-state index >= 15 is 0 Å². The Labute approximate surface area is 248 Å². The molecule has 3 aromatic carbocycles. The van der Waals surface area contributed by atoms with Crippen LogP contribution in [0.25, 0.3) is 21.9 Å². The van der Waals surface area contributed by atoms with Crippen molar-refractivity contribution in [3.05, 3.63) is 59.7 Å². The zero-order valence-electron chi connectivity index (χ0n) is 24.3. The predicted octanol–water partition coefficient (Wildman–Crippen LogP) is 1.75. The van der Waals surface area contributed by atoms with Gasteiger partial charge in [0, 0.05) is 31.1 Å². The van der Waals surface area contributed by atoms with Crippen LogP contribution in [0.15, 0.2) is 48.5 Å². The molecule has 222 valence electrons. The number of carbonyl (C=O) groups excluding carboxylic acids is 5. The standard InChI is InChI=1S/C33H33N3O7/c1-35(2)20-9-7-15(8-10-20)16-5-6-17-11-18-12-19-14-22-26(36(3)4)29(39)25(32(34)42)31(41)33(22,43)30(40)24(19)28(38)23(18)27(37)21(17)13-16/h5-11,13,19,22,24-26,37,43H,12,14H2,1-4H3,(H2,34,42)/t19-,22-,24?,25?,26-,33-/m0/s1. The number of nitrogens with two attached hydrogens (primary N) is 1. The minimum absolute atomic E-state index is 0.0146. The number of primary amides is 1. The topological polar surface area (TPSA) is 158 Å². The second-order valence-electron chi connectivity index (χ2n) is 12.4. The number of Topliss-reactive ketones (excluding diaryl/α,β-unsaturated/α-hetero) is 4. The Balaban J connectivity index is 1.44. The Hall–Kier alpha value is -4.41. The van der Waals surface area contributed by atoms with Crippen LogP contribution in [0.5, 0.6) is 5.75 Å². The summed E-state index contributed by atoms with van der Waals surface area (Å²) in [5, 5.41) is 24.4. The average molecular weight is 584 g/mol. The van der Waals surface area contributed by atoms with Gasteiger partial charge in [-0.15, -0.1) is 0 Å². The highest BCUT2D eigenvalue weighted by Gasteiger charge is 2.69. The lowest BCUT2D eigenvalue weighted by atomic mass is 9.52. The summed E-state index contributed by atoms with van der Waals surface area (Å²) in [6.07, 6.45) is 0.244. The molecule has 3 aliphatic rings. The van der Waals surface area contributed by atoms with Crippen LogP contribution >= 0.6 is 0 Å². The van der Waals surface area contributed by atoms with E-state index in [0.29, 0.717) is 16.3 Å². The molecule has 43 heavy (non-hydrogen) atoms. The molecule has 2 unspecified atom stereocenters. The van der Waals surface area contributed by atoms with Gasteiger partial charge in [0.1, 0.15) is 5.75 Å². The normalized spacial score (nSPS) is 28.5. The first kappa shape index (κ1) is 28.7. The maximum atomic E-state index is 14.0. The zero-order valence-corrected chi connectivity index (χ0v) is 24.3. The number of rotatable bonds is 4. The Morgan fingerprint density at radius 2 is 1.58 bits per heavy atom. The summed E-state index contributed by atoms with van der Waals surface area (Å²) < 4.78 is 0. The Bertz CT molecular complexity index is 1750. The molecule has 2 fully saturated rings. The van der Waals surface area contributed by atoms with E-state index in [1.807, 2.05) is 61.5 Å². The van der Waals surface area contributed by atoms with E-state index in [0.717, 1.165) is 16.8 Å². The van der Waals surface area contributed by atoms with Crippen molar-refractivity contribution in [1.29, 1.82) is 0 Å². The molecule has 3 aliphatic carbocycles. The minimum atomic E-state index is -2.74. The van der Waals surface area contributed by atoms with Gasteiger partial charge in [0.25, 0.3) is 0 Å². The number of likely N-dealkylation sites (N-methyl/N-ethyl adjacent to an activating group) is 1. The average Bonchev–Trinajstić information content (AvgIpc) is 2.94. The van der Waals surface area contributed by atoms with E-state index < -0.39 is 64.4 Å². The number of fused-ring (bicyclic) bond motifs is 4. The number of carbonyl (C=O) groups is 5. The van der Waals surface area contributed by atoms with Crippen molar-refractivity contribution in [2.24, 2.45) is 29.4 Å². The first-order chi connectivity index (χ1) is 20.3. The van der Waals surface area contributed by atoms with E-state index in [4.69, 9.17) is 5.73 Å². The molecule has 2 saturated carbocycles. The van der Waals surface area contributed by atoms with Crippen LogP contribution in [0, 0.1) is 23.7 Å². The molecule has 0 spiro atoms. The van der Waals surface area contributed by atoms with Crippen molar-refractivity contribution >= 4 is 45.5 Å². The third-order valence-electron chi connectivity index (χ3n) is 9.58. The first-order valence-corrected chi connectivity index (χ1v) is 14.2. The summed E-state index contributed by atoms with van der Waals surface area (Å²) in [4.78, 5) is 70.3. The van der Waals surface area contributed by atoms with Crippen LogP contribution in [0.2, 0.25) is 0 Å². The third kappa shape index (κ3) is 4.04. The molecule has 4 N–H and O–H groups in total. The van der Waals surface area contributed by atoms with Crippen molar-refractivity contribution in [2.75, 3.05) is 33.1 Å². The van der Waals surface area contributed by atoms with Gasteiger partial charge >= 0.3 is 0 Å². The van der Waals surface area contributed by atoms with Gasteiger partial charge in [0.2, 0.25) is 5.91 Å². The largest absolute Gasteiger partial charge is 0.507 e. The lowest BCUT2D eigenvalue weighted by Gasteiger charge is -2.52. The fraction of sp³-hybridized carbons (Fsp3) is 0.364. The van der Waals surface area contributed by atoms with Crippen LogP contribution in [-0.4, -0.2) is 84.0 Å². The van der Waals surface area contributed by atoms with Gasteiger partial charge in [-0.25, -0.2) is 0 Å². The van der Waals surface area contributed by atoms with Crippen molar-refractivity contribution in [3.63, 3.8) is 0 Å². The fourth-order valence-corrected chi connectivity index (χ4v) is 7.50. The number of amides is 1. The van der Waals surface area contributed by atoms with Gasteiger partial charge in [-0.3, -0.25) is 28.9 Å². The van der Waals surface area contributed by atoms with Gasteiger partial charge < -0.3 is 20.8 Å². The molecule has 3 aromatic rings. The van der Waals surface area contributed by atoms with Crippen LogP contribution < -0.4 is 10.6 Å². The lowest BCUT2D eigenvalue weighted by molar-refractivity contribution is -0.181. The number of benzene rings is 3. The first-order valence-electron chi connectivity index (χ1n) is 14.2. The second-order valence-corrected chi connectivity index (χ2v) is 12.4. The number of nitrogens with zero attached hydrogens (tertiary/aromatic N) is 2. The van der Waals surface area contributed by atoms with Gasteiger partial charge in [-0.2, -0.15) is 0 Å². The molecule has 0 aliphatic heterocycles. The molecular formula is C33H33N3O7. The summed E-state index contributed by atoms with van der Waals surface area (Å²) in [5.41, 5.74) is 5.95. The SMILES string of the molecule is CN(C)c1ccc(-c2ccc3cc4c(c(O)c3c2)C(=O)C2C(=O)[C@]3(O)C(=O)C(C(N)=O)C(=O)[C@@H](N(C)C)[C@@H]3C[C@@H]2C4)cc1. The highest BCUT2D eigenvalue weighted by Crippen LogP contribution is 2.51. The molecule has 0 saturated heterocycles. The summed E-state index contributed by atoms with van der Waals surface area (Å²) in [5.74, 6) is -10.5. The number of phenolic OH excluding ortho intramolecular Hbond substituents is 1. The van der Waals surface area contributed by atoms with Gasteiger partial charge in [-0.05, 0) is 73.1 Å². The summed E-state index contributed by atoms with van der Waals surface area (Å²) in [6.45, 7) is 0. The third-order valence-corrected chi connectivity index (χ3v) is 9.58. The fourth-order valence-electron chi connectivity index (χ4n) is 7.50. The van der Waals surface area contributed by atoms with Crippen LogP contribution in [-0.2, 0) is 25.6 Å². The molecule has 10 nitrogen and oxygen atoms in total. The van der Waals surface area contributed by atoms with Crippen molar-refractivity contribution in [3.8, 4) is 16.9 Å². The summed E-state index contributed by atoms with van der Waals surface area (Å²) >= 11 is 0. The van der Waals surface area contributed by atoms with Crippen molar-refractivity contribution in [2.45, 2.75) is 24.5 Å². The molecule has 0 heterocycles. The number of hydrogen-bond donors (Lipinski definition) is 3. The van der Waals surface area contributed by atoms with Crippen molar-refractivity contribution in [1.82, 2.24) is 4.90 Å². The molecule has 0 radical (unpaired) electrons. The highest BCUT2D eigenvalue weighted by molar-refractivity contribution is 6.32. The minimum Gasteiger partial charge on any atom is -0.507 e. The van der Waals surface area contributed by atoms with Crippen LogP contribution in [0.3, 0.4) is 0 Å². The predicted molar refractivity (Wildman–Crippen MR) is 159 cm³/mol. The number of phenols is 1. The molecule has 1 amide bonds. The summed E-state index contributed by atoms with van der Waals surface area (Å²) in [6, 6.07) is 14.2. The molecular weight excluding hydrogens is 550 g/mol. The Kier molecular flexibility index (Phi) is 6.55. The smallest absolute Gasteiger partial charge is 0.235 e. The number of anilines is 1. The molecule has 0 bridgehead atoms. The number of hydrogen-bond acceptors (Lipinski definition) is 9. The van der Waals surface area contributed by atoms with Gasteiger partial charge in [0.05, 0.1) is 17.5 Å². The Morgan fingerprint density at radius 1 is 0.930 bits per heavy atom. The van der Waals surface area contributed by atoms with Crippen LogP contribution in [0.4, 0.5) is 5.69 Å². The van der Waals surface area contributed by atoms with Gasteiger partial charge in [-0.1, -0.05) is 30.3 Å². The molecule has 6 atom stereocenters. The quantitative estimate of drug-likeness (QED) is 0.389. The van der Waals surface area contributed by atoms with E-state index in [1.54, 1.807) is 20.2 Å². The number of aromatic hydroxyl groups is 1. The molecule has 0 aromatic heterocycles. The van der Waals surface area contributed by atoms with E-state index in [9.17, 15) is 34.2 Å². The maximum absolute atomic E-state index is 14.0. The van der Waals surface area contributed by atoms with E-state index in [2.05, 4.69) is 0 Å². The van der Waals surface area contributed by atoms with Crippen molar-refractivity contribution < 1.29 is 34.2 Å². The Morgan fingerprint density at radius 3 is 2.19 bits per heavy atom. The second kappa shape index (κ2) is 9.82. The lowest BCUT2D eigenvalue weighted by Crippen LogP contribution is -2.74. The molecule has 6 rings (SSSR count). The van der Waals surface area contributed by atoms with Gasteiger partial charge in [0.15, 0.2) is 34.7 Å². The maximum Gasteiger partial charge on any atom is 0.235 e. The zero-order chi connectivity index (χ0) is 31.1. The monoisotopic (exact) mass is 583 g/mol. The van der Waals surface area contributed by atoms with E-state index in [-0.39, 0.29) is 24.2 Å². The molecule has 10 heteroatoms. The van der Waals surface area contributed by atoms with E-state index in [1.165, 1.54) is 4.90 Å². The number of aliphatic hydroxyl groups is 1.